The lowest BCUT2D eigenvalue weighted by Crippen LogP contribution is -2.40. The van der Waals surface area contributed by atoms with Gasteiger partial charge < -0.3 is 19.2 Å². The standard InChI is InChI=1S/C44H54N2O11/c1-3-4-7-18-34(52-54-40-25-45-43(40)56-50-27-30-13-8-5-9-14-30)20-21-35-36-22-32-17-12-19-38(49-29-42(47)48-2)37(32)23-33(36)24-39(35)53-55-41-26-46-44(41)57-51-28-31-15-10-6-11-16-31/h5-6,8-17,19,33-36,39-41H,3-4,7,18,20-29H2,1-2H3. The first-order valence-corrected chi connectivity index (χ1v) is 20.3. The summed E-state index contributed by atoms with van der Waals surface area (Å²) in [6, 6.07) is 25.7. The average molecular weight is 787 g/mol. The Labute approximate surface area is 334 Å². The molecule has 2 aliphatic carbocycles. The first-order valence-electron chi connectivity index (χ1n) is 20.3. The van der Waals surface area contributed by atoms with Gasteiger partial charge in [0.2, 0.25) is 0 Å². The first kappa shape index (κ1) is 40.8. The van der Waals surface area contributed by atoms with Crippen LogP contribution in [0.4, 0.5) is 0 Å². The minimum Gasteiger partial charge on any atom is -0.482 e. The summed E-state index contributed by atoms with van der Waals surface area (Å²) in [6.07, 6.45) is 7.09. The van der Waals surface area contributed by atoms with E-state index in [0.717, 1.165) is 80.2 Å². The minimum atomic E-state index is -0.449. The zero-order chi connectivity index (χ0) is 39.2. The number of esters is 1. The van der Waals surface area contributed by atoms with Crippen molar-refractivity contribution in [3.8, 4) is 5.75 Å². The van der Waals surface area contributed by atoms with Gasteiger partial charge in [-0.25, -0.2) is 34.3 Å². The molecular formula is C44H54N2O11. The van der Waals surface area contributed by atoms with Gasteiger partial charge in [0.15, 0.2) is 18.8 Å². The molecule has 0 N–H and O–H groups in total. The molecule has 2 aliphatic heterocycles. The number of carbonyl (C=O) groups excluding carboxylic acids is 1. The van der Waals surface area contributed by atoms with E-state index in [1.807, 2.05) is 72.8 Å². The highest BCUT2D eigenvalue weighted by Crippen LogP contribution is 2.50. The van der Waals surface area contributed by atoms with Crippen LogP contribution in [0.25, 0.3) is 0 Å². The first-order chi connectivity index (χ1) is 28.1. The number of rotatable bonds is 22. The van der Waals surface area contributed by atoms with E-state index in [2.05, 4.69) is 23.0 Å². The van der Waals surface area contributed by atoms with Crippen LogP contribution in [-0.4, -0.2) is 69.0 Å². The largest absolute Gasteiger partial charge is 0.482 e. The van der Waals surface area contributed by atoms with E-state index in [4.69, 9.17) is 48.6 Å². The molecule has 3 aromatic carbocycles. The zero-order valence-electron chi connectivity index (χ0n) is 32.8. The molecule has 4 aliphatic rings. The van der Waals surface area contributed by atoms with E-state index < -0.39 is 18.2 Å². The summed E-state index contributed by atoms with van der Waals surface area (Å²) >= 11 is 0. The summed E-state index contributed by atoms with van der Waals surface area (Å²) in [6.45, 7) is 3.54. The van der Waals surface area contributed by atoms with Gasteiger partial charge in [-0.2, -0.15) is 9.78 Å². The molecule has 57 heavy (non-hydrogen) atoms. The van der Waals surface area contributed by atoms with Crippen molar-refractivity contribution in [2.24, 2.45) is 27.7 Å². The van der Waals surface area contributed by atoms with Crippen LogP contribution in [0.3, 0.4) is 0 Å². The SMILES string of the molecule is CCCCCC(CCC1C(OOC2CN=C2OOCc2ccccc2)CC2Cc3c(cccc3OCC(=O)OC)CC21)OOC1CN=C1OOCc1ccccc1. The zero-order valence-corrected chi connectivity index (χ0v) is 32.8. The highest BCUT2D eigenvalue weighted by Gasteiger charge is 2.47. The molecular weight excluding hydrogens is 732 g/mol. The molecule has 1 fully saturated rings. The highest BCUT2D eigenvalue weighted by atomic mass is 17.2. The summed E-state index contributed by atoms with van der Waals surface area (Å²) in [5, 5.41) is 0. The molecule has 7 atom stereocenters. The van der Waals surface area contributed by atoms with Gasteiger partial charge in [0.25, 0.3) is 11.8 Å². The molecule has 3 aromatic rings. The van der Waals surface area contributed by atoms with Crippen molar-refractivity contribution in [3.05, 3.63) is 101 Å². The number of methoxy groups -OCH3 is 1. The Kier molecular flexibility index (Phi) is 14.9. The van der Waals surface area contributed by atoms with Gasteiger partial charge in [0, 0.05) is 0 Å². The Bertz CT molecular complexity index is 1770. The van der Waals surface area contributed by atoms with Gasteiger partial charge in [-0.3, -0.25) is 0 Å². The number of aliphatic imine (C=N–C) groups is 2. The van der Waals surface area contributed by atoms with Gasteiger partial charge in [0.1, 0.15) is 19.0 Å². The number of benzene rings is 3. The Morgan fingerprint density at radius 1 is 0.772 bits per heavy atom. The van der Waals surface area contributed by atoms with Crippen LogP contribution in [0.2, 0.25) is 0 Å². The number of carbonyl (C=O) groups is 1. The van der Waals surface area contributed by atoms with E-state index in [9.17, 15) is 4.79 Å². The van der Waals surface area contributed by atoms with Crippen molar-refractivity contribution in [3.63, 3.8) is 0 Å². The van der Waals surface area contributed by atoms with Gasteiger partial charge in [-0.1, -0.05) is 99.0 Å². The fourth-order valence-electron chi connectivity index (χ4n) is 7.99. The number of fused-ring (bicyclic) bond motifs is 2. The predicted octanol–water partition coefficient (Wildman–Crippen LogP) is 7.44. The van der Waals surface area contributed by atoms with Crippen molar-refractivity contribution in [2.45, 2.75) is 102 Å². The molecule has 1 saturated carbocycles. The average Bonchev–Trinajstić information content (AvgIpc) is 3.56. The molecule has 0 bridgehead atoms. The highest BCUT2D eigenvalue weighted by molar-refractivity contribution is 5.85. The lowest BCUT2D eigenvalue weighted by atomic mass is 9.73. The topological polar surface area (TPSA) is 134 Å². The van der Waals surface area contributed by atoms with Crippen LogP contribution in [-0.2, 0) is 74.7 Å². The normalized spacial score (nSPS) is 23.8. The molecule has 0 saturated heterocycles. The van der Waals surface area contributed by atoms with Gasteiger partial charge >= 0.3 is 5.97 Å². The third-order valence-corrected chi connectivity index (χ3v) is 11.3. The second-order valence-corrected chi connectivity index (χ2v) is 15.1. The van der Waals surface area contributed by atoms with Crippen LogP contribution in [0, 0.1) is 17.8 Å². The molecule has 0 amide bonds. The number of ether oxygens (including phenoxy) is 2. The number of hydrogen-bond acceptors (Lipinski definition) is 13. The van der Waals surface area contributed by atoms with E-state index >= 15 is 0 Å². The lowest BCUT2D eigenvalue weighted by molar-refractivity contribution is -0.357. The van der Waals surface area contributed by atoms with Crippen molar-refractivity contribution in [1.82, 2.24) is 0 Å². The summed E-state index contributed by atoms with van der Waals surface area (Å²) in [5.74, 6) is 1.93. The number of hydrogen-bond donors (Lipinski definition) is 0. The third-order valence-electron chi connectivity index (χ3n) is 11.3. The van der Waals surface area contributed by atoms with Gasteiger partial charge in [-0.05, 0) is 84.6 Å². The molecule has 2 heterocycles. The summed E-state index contributed by atoms with van der Waals surface area (Å²) in [4.78, 5) is 66.9. The maximum absolute atomic E-state index is 11.9. The minimum absolute atomic E-state index is 0.126. The lowest BCUT2D eigenvalue weighted by Gasteiger charge is -2.33. The van der Waals surface area contributed by atoms with Crippen molar-refractivity contribution >= 4 is 17.8 Å². The second-order valence-electron chi connectivity index (χ2n) is 15.1. The van der Waals surface area contributed by atoms with Crippen molar-refractivity contribution in [2.75, 3.05) is 26.8 Å². The Morgan fingerprint density at radius 2 is 1.46 bits per heavy atom. The quantitative estimate of drug-likeness (QED) is 0.0436. The molecule has 7 unspecified atom stereocenters. The van der Waals surface area contributed by atoms with Crippen molar-refractivity contribution < 1.29 is 53.4 Å². The third kappa shape index (κ3) is 11.2. The van der Waals surface area contributed by atoms with Gasteiger partial charge in [-0.15, -0.1) is 0 Å². The Balaban J connectivity index is 0.973. The van der Waals surface area contributed by atoms with Crippen LogP contribution >= 0.6 is 0 Å². The van der Waals surface area contributed by atoms with E-state index in [-0.39, 0.29) is 24.7 Å². The monoisotopic (exact) mass is 786 g/mol. The fraction of sp³-hybridized carbons (Fsp3) is 0.523. The molecule has 0 aromatic heterocycles. The summed E-state index contributed by atoms with van der Waals surface area (Å²) in [5.41, 5.74) is 4.36. The Hall–Kier alpha value is -4.37. The molecule has 0 radical (unpaired) electrons. The van der Waals surface area contributed by atoms with Crippen LogP contribution in [0.15, 0.2) is 88.8 Å². The van der Waals surface area contributed by atoms with E-state index in [1.165, 1.54) is 12.7 Å². The van der Waals surface area contributed by atoms with Gasteiger partial charge in [0.05, 0.1) is 32.4 Å². The fourth-order valence-corrected chi connectivity index (χ4v) is 7.99. The van der Waals surface area contributed by atoms with E-state index in [0.29, 0.717) is 49.9 Å². The van der Waals surface area contributed by atoms with Crippen LogP contribution in [0.5, 0.6) is 5.75 Å². The maximum Gasteiger partial charge on any atom is 0.343 e. The summed E-state index contributed by atoms with van der Waals surface area (Å²) in [7, 11) is 1.36. The molecule has 13 heteroatoms. The second kappa shape index (κ2) is 20.9. The molecule has 13 nitrogen and oxygen atoms in total. The predicted molar refractivity (Wildman–Crippen MR) is 209 cm³/mol. The maximum atomic E-state index is 11.9. The molecule has 0 spiro atoms. The Morgan fingerprint density at radius 3 is 2.09 bits per heavy atom. The van der Waals surface area contributed by atoms with E-state index in [1.54, 1.807) is 0 Å². The number of nitrogens with zero attached hydrogens (tertiary/aromatic N) is 2. The number of unbranched alkanes of at least 4 members (excludes halogenated alkanes) is 2. The van der Waals surface area contributed by atoms with Crippen LogP contribution < -0.4 is 4.74 Å². The van der Waals surface area contributed by atoms with Crippen LogP contribution in [0.1, 0.15) is 74.1 Å². The molecule has 306 valence electrons. The van der Waals surface area contributed by atoms with Crippen molar-refractivity contribution in [1.29, 1.82) is 0 Å². The summed E-state index contributed by atoms with van der Waals surface area (Å²) < 4.78 is 10.8. The smallest absolute Gasteiger partial charge is 0.343 e. The molecule has 7 rings (SSSR count).